The van der Waals surface area contributed by atoms with Crippen molar-refractivity contribution in [3.05, 3.63) is 35.9 Å². The summed E-state index contributed by atoms with van der Waals surface area (Å²) < 4.78 is 40.7. The summed E-state index contributed by atoms with van der Waals surface area (Å²) in [5.74, 6) is -0.200. The minimum Gasteiger partial charge on any atom is -0.406 e. The van der Waals surface area contributed by atoms with Crippen LogP contribution in [0.15, 0.2) is 35.3 Å². The van der Waals surface area contributed by atoms with Crippen LogP contribution < -0.4 is 4.74 Å². The number of benzene rings is 1. The predicted molar refractivity (Wildman–Crippen MR) is 72.9 cm³/mol. The second kappa shape index (κ2) is 4.96. The first kappa shape index (κ1) is 14.6. The normalized spacial score (nSPS) is 18.3. The fourth-order valence-corrected chi connectivity index (χ4v) is 2.40. The molecule has 20 heavy (non-hydrogen) atoms. The highest BCUT2D eigenvalue weighted by molar-refractivity contribution is 6.01. The fraction of sp³-hybridized carbons (Fsp3) is 0.400. The van der Waals surface area contributed by atoms with Gasteiger partial charge in [-0.25, -0.2) is 0 Å². The quantitative estimate of drug-likeness (QED) is 0.776. The van der Waals surface area contributed by atoms with Gasteiger partial charge in [-0.05, 0) is 56.5 Å². The number of hydrogen-bond donors (Lipinski definition) is 0. The molecule has 1 heterocycles. The van der Waals surface area contributed by atoms with Gasteiger partial charge >= 0.3 is 6.36 Å². The van der Waals surface area contributed by atoms with Crippen LogP contribution >= 0.6 is 0 Å². The SMILES string of the molecule is CC1=NC(C)(C)CC(c2cccc(OC(F)(F)F)c2)=C1. The van der Waals surface area contributed by atoms with Gasteiger partial charge in [-0.2, -0.15) is 0 Å². The topological polar surface area (TPSA) is 21.6 Å². The van der Waals surface area contributed by atoms with E-state index in [0.717, 1.165) is 16.8 Å². The number of aliphatic imine (C=N–C) groups is 1. The molecule has 1 aliphatic rings. The number of dihydropyridines is 1. The molecule has 1 aromatic rings. The van der Waals surface area contributed by atoms with E-state index in [-0.39, 0.29) is 11.3 Å². The molecule has 0 aromatic heterocycles. The van der Waals surface area contributed by atoms with Crippen LogP contribution in [0.4, 0.5) is 13.2 Å². The Morgan fingerprint density at radius 1 is 1.25 bits per heavy atom. The third-order valence-corrected chi connectivity index (χ3v) is 2.92. The number of ether oxygens (including phenoxy) is 1. The third kappa shape index (κ3) is 3.85. The van der Waals surface area contributed by atoms with E-state index in [4.69, 9.17) is 0 Å². The molecular weight excluding hydrogens is 267 g/mol. The van der Waals surface area contributed by atoms with Crippen LogP contribution in [0.5, 0.6) is 5.75 Å². The molecular formula is C15H16F3NO. The van der Waals surface area contributed by atoms with Gasteiger partial charge < -0.3 is 4.74 Å². The van der Waals surface area contributed by atoms with E-state index >= 15 is 0 Å². The molecule has 0 atom stereocenters. The Balaban J connectivity index is 2.30. The van der Waals surface area contributed by atoms with Gasteiger partial charge in [-0.3, -0.25) is 4.99 Å². The Hall–Kier alpha value is -1.78. The predicted octanol–water partition coefficient (Wildman–Crippen LogP) is 4.61. The Morgan fingerprint density at radius 2 is 1.95 bits per heavy atom. The Morgan fingerprint density at radius 3 is 2.55 bits per heavy atom. The van der Waals surface area contributed by atoms with Crippen LogP contribution in [0.2, 0.25) is 0 Å². The van der Waals surface area contributed by atoms with E-state index in [1.54, 1.807) is 12.1 Å². The van der Waals surface area contributed by atoms with Crippen molar-refractivity contribution in [1.82, 2.24) is 0 Å². The summed E-state index contributed by atoms with van der Waals surface area (Å²) in [6, 6.07) is 6.05. The summed E-state index contributed by atoms with van der Waals surface area (Å²) in [5.41, 5.74) is 2.33. The zero-order valence-electron chi connectivity index (χ0n) is 11.6. The van der Waals surface area contributed by atoms with Gasteiger partial charge in [0.05, 0.1) is 5.54 Å². The van der Waals surface area contributed by atoms with Crippen LogP contribution in [0.3, 0.4) is 0 Å². The first-order valence-corrected chi connectivity index (χ1v) is 6.28. The standard InChI is InChI=1S/C15H16F3NO/c1-10-7-12(9-14(2,3)19-10)11-5-4-6-13(8-11)20-15(16,17)18/h4-8H,9H2,1-3H3. The summed E-state index contributed by atoms with van der Waals surface area (Å²) in [6.45, 7) is 5.89. The van der Waals surface area contributed by atoms with Crippen molar-refractivity contribution in [2.24, 2.45) is 4.99 Å². The van der Waals surface area contributed by atoms with Crippen molar-refractivity contribution in [1.29, 1.82) is 0 Å². The Kier molecular flexibility index (Phi) is 3.63. The second-order valence-corrected chi connectivity index (χ2v) is 5.49. The molecule has 1 aliphatic heterocycles. The maximum atomic E-state index is 12.2. The number of rotatable bonds is 2. The third-order valence-electron chi connectivity index (χ3n) is 2.92. The van der Waals surface area contributed by atoms with Gasteiger partial charge in [0.2, 0.25) is 0 Å². The highest BCUT2D eigenvalue weighted by atomic mass is 19.4. The fourth-order valence-electron chi connectivity index (χ4n) is 2.40. The molecule has 108 valence electrons. The van der Waals surface area contributed by atoms with Gasteiger partial charge in [-0.1, -0.05) is 12.1 Å². The molecule has 0 unspecified atom stereocenters. The number of halogens is 3. The summed E-state index contributed by atoms with van der Waals surface area (Å²) in [4.78, 5) is 4.50. The van der Waals surface area contributed by atoms with Crippen LogP contribution in [0.1, 0.15) is 32.8 Å². The van der Waals surface area contributed by atoms with E-state index < -0.39 is 6.36 Å². The number of allylic oxidation sites excluding steroid dienone is 1. The first-order chi connectivity index (χ1) is 9.15. The maximum absolute atomic E-state index is 12.2. The lowest BCUT2D eigenvalue weighted by atomic mass is 9.88. The van der Waals surface area contributed by atoms with Gasteiger partial charge in [0.1, 0.15) is 5.75 Å². The number of alkyl halides is 3. The molecule has 1 aromatic carbocycles. The van der Waals surface area contributed by atoms with Gasteiger partial charge in [0.15, 0.2) is 0 Å². The molecule has 0 bridgehead atoms. The van der Waals surface area contributed by atoms with Crippen molar-refractivity contribution in [3.63, 3.8) is 0 Å². The van der Waals surface area contributed by atoms with E-state index in [0.29, 0.717) is 6.42 Å². The van der Waals surface area contributed by atoms with E-state index in [2.05, 4.69) is 9.73 Å². The summed E-state index contributed by atoms with van der Waals surface area (Å²) in [5, 5.41) is 0. The Labute approximate surface area is 116 Å². The summed E-state index contributed by atoms with van der Waals surface area (Å²) in [6.07, 6.45) is -2.09. The van der Waals surface area contributed by atoms with Gasteiger partial charge in [0.25, 0.3) is 0 Å². The zero-order valence-corrected chi connectivity index (χ0v) is 11.6. The van der Waals surface area contributed by atoms with Crippen LogP contribution in [0, 0.1) is 0 Å². The molecule has 0 N–H and O–H groups in total. The zero-order chi connectivity index (χ0) is 15.0. The largest absolute Gasteiger partial charge is 0.573 e. The van der Waals surface area contributed by atoms with Crippen molar-refractivity contribution in [2.75, 3.05) is 0 Å². The van der Waals surface area contributed by atoms with E-state index in [1.165, 1.54) is 12.1 Å². The van der Waals surface area contributed by atoms with Gasteiger partial charge in [0, 0.05) is 5.71 Å². The van der Waals surface area contributed by atoms with Crippen molar-refractivity contribution in [3.8, 4) is 5.75 Å². The lowest BCUT2D eigenvalue weighted by Gasteiger charge is -2.26. The molecule has 0 amide bonds. The molecule has 0 fully saturated rings. The number of hydrogen-bond acceptors (Lipinski definition) is 2. The second-order valence-electron chi connectivity index (χ2n) is 5.49. The summed E-state index contributed by atoms with van der Waals surface area (Å²) in [7, 11) is 0. The average molecular weight is 283 g/mol. The molecule has 0 saturated heterocycles. The minimum absolute atomic E-state index is 0.200. The van der Waals surface area contributed by atoms with Crippen LogP contribution in [-0.2, 0) is 0 Å². The molecule has 0 aliphatic carbocycles. The van der Waals surface area contributed by atoms with Crippen molar-refractivity contribution < 1.29 is 17.9 Å². The monoisotopic (exact) mass is 283 g/mol. The lowest BCUT2D eigenvalue weighted by molar-refractivity contribution is -0.274. The minimum atomic E-state index is -4.67. The highest BCUT2D eigenvalue weighted by Crippen LogP contribution is 2.33. The Bertz CT molecular complexity index is 571. The molecule has 2 nitrogen and oxygen atoms in total. The smallest absolute Gasteiger partial charge is 0.406 e. The number of nitrogens with zero attached hydrogens (tertiary/aromatic N) is 1. The van der Waals surface area contributed by atoms with Gasteiger partial charge in [-0.15, -0.1) is 13.2 Å². The summed E-state index contributed by atoms with van der Waals surface area (Å²) >= 11 is 0. The lowest BCUT2D eigenvalue weighted by Crippen LogP contribution is -2.22. The first-order valence-electron chi connectivity index (χ1n) is 6.28. The molecule has 2 rings (SSSR count). The van der Waals surface area contributed by atoms with Crippen LogP contribution in [-0.4, -0.2) is 17.6 Å². The van der Waals surface area contributed by atoms with Crippen molar-refractivity contribution in [2.45, 2.75) is 39.1 Å². The van der Waals surface area contributed by atoms with Crippen LogP contribution in [0.25, 0.3) is 5.57 Å². The molecule has 0 spiro atoms. The van der Waals surface area contributed by atoms with E-state index in [9.17, 15) is 13.2 Å². The maximum Gasteiger partial charge on any atom is 0.573 e. The molecule has 0 radical (unpaired) electrons. The average Bonchev–Trinajstić information content (AvgIpc) is 2.24. The van der Waals surface area contributed by atoms with Crippen molar-refractivity contribution >= 4 is 11.3 Å². The van der Waals surface area contributed by atoms with E-state index in [1.807, 2.05) is 26.8 Å². The molecule has 0 saturated carbocycles. The highest BCUT2D eigenvalue weighted by Gasteiger charge is 2.31. The molecule has 5 heteroatoms.